The quantitative estimate of drug-likeness (QED) is 0.241. The van der Waals surface area contributed by atoms with Crippen molar-refractivity contribution in [3.05, 3.63) is 81.9 Å². The van der Waals surface area contributed by atoms with Crippen LogP contribution in [0.3, 0.4) is 0 Å². The van der Waals surface area contributed by atoms with E-state index in [4.69, 9.17) is 17.0 Å². The molecule has 1 heterocycles. The monoisotopic (exact) mass is 476 g/mol. The lowest BCUT2D eigenvalue weighted by Crippen LogP contribution is -2.34. The van der Waals surface area contributed by atoms with Crippen LogP contribution < -0.4 is 15.4 Å². The fourth-order valence-corrected chi connectivity index (χ4v) is 3.45. The number of aryl methyl sites for hydroxylation is 1. The van der Waals surface area contributed by atoms with Crippen LogP contribution in [0.2, 0.25) is 0 Å². The number of nitrogens with one attached hydrogen (secondary N) is 2. The van der Waals surface area contributed by atoms with Gasteiger partial charge in [-0.05, 0) is 74.1 Å². The molecule has 11 heteroatoms. The molecular formula is C23H20N6O4S. The topological polar surface area (TPSA) is 124 Å². The Morgan fingerprint density at radius 1 is 1.12 bits per heavy atom. The number of ether oxygens (including phenoxy) is 1. The Kier molecular flexibility index (Phi) is 6.46. The first-order valence-corrected chi connectivity index (χ1v) is 10.7. The van der Waals surface area contributed by atoms with Gasteiger partial charge in [-0.1, -0.05) is 6.07 Å². The zero-order valence-electron chi connectivity index (χ0n) is 18.3. The van der Waals surface area contributed by atoms with E-state index in [0.717, 1.165) is 17.0 Å². The lowest BCUT2D eigenvalue weighted by Gasteiger charge is -2.11. The lowest BCUT2D eigenvalue weighted by atomic mass is 10.1. The van der Waals surface area contributed by atoms with E-state index >= 15 is 0 Å². The van der Waals surface area contributed by atoms with E-state index in [1.807, 2.05) is 44.2 Å². The van der Waals surface area contributed by atoms with Crippen molar-refractivity contribution >= 4 is 45.6 Å². The molecule has 1 aromatic heterocycles. The number of carbonyl (C=O) groups excluding carboxylic acids is 1. The molecule has 3 aromatic carbocycles. The van der Waals surface area contributed by atoms with Gasteiger partial charge in [-0.25, -0.2) is 0 Å². The highest BCUT2D eigenvalue weighted by molar-refractivity contribution is 7.80. The Morgan fingerprint density at radius 3 is 2.50 bits per heavy atom. The Hall–Kier alpha value is -4.38. The summed E-state index contributed by atoms with van der Waals surface area (Å²) >= 11 is 5.26. The predicted molar refractivity (Wildman–Crippen MR) is 132 cm³/mol. The summed E-state index contributed by atoms with van der Waals surface area (Å²) in [6.07, 6.45) is 0. The summed E-state index contributed by atoms with van der Waals surface area (Å²) in [6, 6.07) is 16.5. The number of thiocarbonyl (C=S) groups is 1. The highest BCUT2D eigenvalue weighted by Gasteiger charge is 2.14. The molecular weight excluding hydrogens is 456 g/mol. The van der Waals surface area contributed by atoms with Gasteiger partial charge >= 0.3 is 0 Å². The third-order valence-electron chi connectivity index (χ3n) is 4.90. The average Bonchev–Trinajstić information content (AvgIpc) is 3.22. The lowest BCUT2D eigenvalue weighted by molar-refractivity contribution is -0.384. The van der Waals surface area contributed by atoms with Crippen LogP contribution in [0, 0.1) is 17.0 Å². The molecule has 0 saturated heterocycles. The number of nitro benzene ring substituents is 1. The number of benzene rings is 3. The van der Waals surface area contributed by atoms with Gasteiger partial charge in [0.25, 0.3) is 11.6 Å². The van der Waals surface area contributed by atoms with Crippen molar-refractivity contribution in [1.82, 2.24) is 20.3 Å². The number of anilines is 1. The number of nitro groups is 1. The number of non-ortho nitro benzene ring substituents is 1. The number of hydrogen-bond donors (Lipinski definition) is 2. The average molecular weight is 477 g/mol. The standard InChI is InChI=1S/C23H20N6O4S/c1-3-33-18-9-7-16(8-10-18)28-26-20-11-14(2)19(13-21(20)27-28)24-23(34)25-22(30)15-5-4-6-17(12-15)29(31)32/h4-13H,3H2,1-2H3,(H2,24,25,30,34). The molecule has 0 bridgehead atoms. The molecule has 0 unspecified atom stereocenters. The second-order valence-corrected chi connectivity index (χ2v) is 7.70. The van der Waals surface area contributed by atoms with Crippen LogP contribution in [-0.2, 0) is 0 Å². The molecule has 0 aliphatic rings. The van der Waals surface area contributed by atoms with Crippen LogP contribution in [0.4, 0.5) is 11.4 Å². The van der Waals surface area contributed by atoms with E-state index < -0.39 is 10.8 Å². The van der Waals surface area contributed by atoms with Crippen LogP contribution in [0.1, 0.15) is 22.8 Å². The summed E-state index contributed by atoms with van der Waals surface area (Å²) in [5, 5.41) is 25.6. The first-order valence-electron chi connectivity index (χ1n) is 10.3. The van der Waals surface area contributed by atoms with E-state index in [2.05, 4.69) is 20.8 Å². The van der Waals surface area contributed by atoms with Gasteiger partial charge in [-0.3, -0.25) is 20.2 Å². The van der Waals surface area contributed by atoms with Crippen LogP contribution in [-0.4, -0.2) is 37.5 Å². The summed E-state index contributed by atoms with van der Waals surface area (Å²) in [5.41, 5.74) is 3.56. The summed E-state index contributed by atoms with van der Waals surface area (Å²) in [6.45, 7) is 4.39. The number of rotatable bonds is 6. The Morgan fingerprint density at radius 2 is 1.82 bits per heavy atom. The van der Waals surface area contributed by atoms with Crippen molar-refractivity contribution in [2.75, 3.05) is 11.9 Å². The Bertz CT molecular complexity index is 1400. The fraction of sp³-hybridized carbons (Fsp3) is 0.130. The van der Waals surface area contributed by atoms with Crippen molar-refractivity contribution in [2.24, 2.45) is 0 Å². The molecule has 10 nitrogen and oxygen atoms in total. The van der Waals surface area contributed by atoms with Crippen LogP contribution in [0.15, 0.2) is 60.7 Å². The van der Waals surface area contributed by atoms with Gasteiger partial charge in [-0.15, -0.1) is 10.2 Å². The molecule has 172 valence electrons. The largest absolute Gasteiger partial charge is 0.494 e. The second kappa shape index (κ2) is 9.63. The van der Waals surface area contributed by atoms with Crippen molar-refractivity contribution in [3.63, 3.8) is 0 Å². The molecule has 2 N–H and O–H groups in total. The SMILES string of the molecule is CCOc1ccc(-n2nc3cc(C)c(NC(=S)NC(=O)c4cccc([N+](=O)[O-])c4)cc3n2)cc1. The van der Waals surface area contributed by atoms with E-state index in [-0.39, 0.29) is 16.4 Å². The molecule has 0 radical (unpaired) electrons. The Balaban J connectivity index is 1.50. The van der Waals surface area contributed by atoms with Crippen LogP contribution in [0.5, 0.6) is 5.75 Å². The molecule has 4 aromatic rings. The van der Waals surface area contributed by atoms with Gasteiger partial charge < -0.3 is 10.1 Å². The van der Waals surface area contributed by atoms with Gasteiger partial charge in [-0.2, -0.15) is 4.80 Å². The summed E-state index contributed by atoms with van der Waals surface area (Å²) < 4.78 is 5.47. The predicted octanol–water partition coefficient (Wildman–Crippen LogP) is 4.16. The zero-order chi connectivity index (χ0) is 24.2. The van der Waals surface area contributed by atoms with Crippen molar-refractivity contribution in [3.8, 4) is 11.4 Å². The highest BCUT2D eigenvalue weighted by atomic mass is 32.1. The summed E-state index contributed by atoms with van der Waals surface area (Å²) in [4.78, 5) is 24.4. The maximum absolute atomic E-state index is 12.4. The second-order valence-electron chi connectivity index (χ2n) is 7.29. The fourth-order valence-electron chi connectivity index (χ4n) is 3.25. The smallest absolute Gasteiger partial charge is 0.270 e. The number of aromatic nitrogens is 3. The van der Waals surface area contributed by atoms with E-state index in [1.165, 1.54) is 29.1 Å². The van der Waals surface area contributed by atoms with Crippen molar-refractivity contribution < 1.29 is 14.5 Å². The third kappa shape index (κ3) is 4.99. The molecule has 0 spiro atoms. The van der Waals surface area contributed by atoms with Crippen molar-refractivity contribution in [1.29, 1.82) is 0 Å². The molecule has 0 atom stereocenters. The van der Waals surface area contributed by atoms with Crippen LogP contribution >= 0.6 is 12.2 Å². The molecule has 4 rings (SSSR count). The number of carbonyl (C=O) groups is 1. The molecule has 0 aliphatic heterocycles. The zero-order valence-corrected chi connectivity index (χ0v) is 19.1. The first kappa shape index (κ1) is 22.8. The Labute approximate surface area is 199 Å². The van der Waals surface area contributed by atoms with E-state index in [0.29, 0.717) is 23.3 Å². The first-order chi connectivity index (χ1) is 16.3. The maximum atomic E-state index is 12.4. The van der Waals surface area contributed by atoms with Gasteiger partial charge in [0, 0.05) is 23.4 Å². The van der Waals surface area contributed by atoms with Crippen molar-refractivity contribution in [2.45, 2.75) is 13.8 Å². The highest BCUT2D eigenvalue weighted by Crippen LogP contribution is 2.23. The molecule has 34 heavy (non-hydrogen) atoms. The number of fused-ring (bicyclic) bond motifs is 1. The minimum Gasteiger partial charge on any atom is -0.494 e. The third-order valence-corrected chi connectivity index (χ3v) is 5.10. The minimum absolute atomic E-state index is 0.0536. The normalized spacial score (nSPS) is 10.6. The molecule has 1 amide bonds. The molecule has 0 saturated carbocycles. The minimum atomic E-state index is -0.563. The number of amides is 1. The molecule has 0 aliphatic carbocycles. The van der Waals surface area contributed by atoms with Crippen LogP contribution in [0.25, 0.3) is 16.7 Å². The van der Waals surface area contributed by atoms with Gasteiger partial charge in [0.2, 0.25) is 0 Å². The van der Waals surface area contributed by atoms with Gasteiger partial charge in [0.05, 0.1) is 17.2 Å². The summed E-state index contributed by atoms with van der Waals surface area (Å²) in [5.74, 6) is 0.215. The van der Waals surface area contributed by atoms with Gasteiger partial charge in [0.1, 0.15) is 16.8 Å². The molecule has 0 fully saturated rings. The number of hydrogen-bond acceptors (Lipinski definition) is 7. The number of nitrogens with zero attached hydrogens (tertiary/aromatic N) is 4. The van der Waals surface area contributed by atoms with Gasteiger partial charge in [0.15, 0.2) is 5.11 Å². The summed E-state index contributed by atoms with van der Waals surface area (Å²) in [7, 11) is 0. The maximum Gasteiger partial charge on any atom is 0.270 e. The van der Waals surface area contributed by atoms with E-state index in [9.17, 15) is 14.9 Å². The van der Waals surface area contributed by atoms with E-state index in [1.54, 1.807) is 6.07 Å².